The molecule has 162 valence electrons. The van der Waals surface area contributed by atoms with Gasteiger partial charge in [-0.05, 0) is 42.6 Å². The Bertz CT molecular complexity index is 809. The quantitative estimate of drug-likeness (QED) is 0.773. The maximum atomic E-state index is 12.7. The predicted octanol–water partition coefficient (Wildman–Crippen LogP) is 4.53. The summed E-state index contributed by atoms with van der Waals surface area (Å²) in [6.07, 6.45) is -3.04. The van der Waals surface area contributed by atoms with Crippen molar-refractivity contribution in [2.24, 2.45) is 0 Å². The van der Waals surface area contributed by atoms with Gasteiger partial charge in [-0.15, -0.1) is 0 Å². The van der Waals surface area contributed by atoms with Crippen molar-refractivity contribution >= 4 is 0 Å². The third-order valence-corrected chi connectivity index (χ3v) is 6.57. The Kier molecular flexibility index (Phi) is 6.46. The zero-order valence-corrected chi connectivity index (χ0v) is 17.1. The minimum Gasteiger partial charge on any atom is -0.395 e. The Hall–Kier alpha value is -1.89. The second-order valence-corrected chi connectivity index (χ2v) is 8.44. The average Bonchev–Trinajstić information content (AvgIpc) is 2.72. The van der Waals surface area contributed by atoms with Crippen LogP contribution in [0.1, 0.15) is 30.7 Å². The highest BCUT2D eigenvalue weighted by molar-refractivity contribution is 5.63. The number of nitrogens with zero attached hydrogens (tertiary/aromatic N) is 2. The van der Waals surface area contributed by atoms with E-state index in [0.29, 0.717) is 13.1 Å². The second-order valence-electron chi connectivity index (χ2n) is 8.44. The van der Waals surface area contributed by atoms with Gasteiger partial charge in [0.25, 0.3) is 0 Å². The molecule has 2 aliphatic heterocycles. The van der Waals surface area contributed by atoms with Gasteiger partial charge in [0.1, 0.15) is 0 Å². The van der Waals surface area contributed by atoms with Crippen LogP contribution in [-0.4, -0.2) is 66.0 Å². The molecule has 1 N–H and O–H groups in total. The number of hydrogen-bond acceptors (Lipinski definition) is 3. The third-order valence-electron chi connectivity index (χ3n) is 6.57. The van der Waals surface area contributed by atoms with E-state index in [1.54, 1.807) is 0 Å². The minimum atomic E-state index is -4.12. The molecular weight excluding hydrogens is 389 g/mol. The fourth-order valence-electron chi connectivity index (χ4n) is 5.03. The smallest absolute Gasteiger partial charge is 0.390 e. The van der Waals surface area contributed by atoms with Crippen LogP contribution in [0.5, 0.6) is 0 Å². The van der Waals surface area contributed by atoms with Crippen molar-refractivity contribution in [3.63, 3.8) is 0 Å². The number of aliphatic hydroxyl groups excluding tert-OH is 1. The molecule has 3 nitrogen and oxygen atoms in total. The van der Waals surface area contributed by atoms with E-state index in [2.05, 4.69) is 41.3 Å². The maximum absolute atomic E-state index is 12.7. The van der Waals surface area contributed by atoms with Crippen molar-refractivity contribution in [3.05, 3.63) is 60.2 Å². The number of aliphatic hydroxyl groups is 1. The number of hydrogen-bond donors (Lipinski definition) is 1. The first-order valence-corrected chi connectivity index (χ1v) is 10.8. The lowest BCUT2D eigenvalue weighted by molar-refractivity contribution is -0.140. The molecule has 0 radical (unpaired) electrons. The fourth-order valence-corrected chi connectivity index (χ4v) is 5.03. The topological polar surface area (TPSA) is 26.7 Å². The lowest BCUT2D eigenvalue weighted by Crippen LogP contribution is -2.67. The van der Waals surface area contributed by atoms with E-state index in [9.17, 15) is 18.3 Å². The molecule has 2 fully saturated rings. The summed E-state index contributed by atoms with van der Waals surface area (Å²) in [6.45, 7) is 2.37. The number of rotatable bonds is 5. The average molecular weight is 419 g/mol. The molecule has 4 rings (SSSR count). The van der Waals surface area contributed by atoms with Gasteiger partial charge >= 0.3 is 6.18 Å². The first-order valence-electron chi connectivity index (χ1n) is 10.8. The zero-order valence-electron chi connectivity index (χ0n) is 17.1. The Morgan fingerprint density at radius 3 is 2.23 bits per heavy atom. The molecule has 0 aromatic heterocycles. The summed E-state index contributed by atoms with van der Waals surface area (Å²) in [5.74, 6) is 0.145. The van der Waals surface area contributed by atoms with Gasteiger partial charge in [-0.1, -0.05) is 54.6 Å². The van der Waals surface area contributed by atoms with Crippen molar-refractivity contribution < 1.29 is 18.3 Å². The summed E-state index contributed by atoms with van der Waals surface area (Å²) < 4.78 is 38.2. The lowest BCUT2D eigenvalue weighted by atomic mass is 9.74. The molecule has 2 aromatic carbocycles. The van der Waals surface area contributed by atoms with Crippen molar-refractivity contribution in [3.8, 4) is 11.1 Å². The van der Waals surface area contributed by atoms with Crippen LogP contribution >= 0.6 is 0 Å². The van der Waals surface area contributed by atoms with Crippen LogP contribution < -0.4 is 0 Å². The summed E-state index contributed by atoms with van der Waals surface area (Å²) in [6, 6.07) is 18.8. The molecule has 3 atom stereocenters. The molecule has 2 aromatic rings. The Labute approximate surface area is 176 Å². The molecule has 0 bridgehead atoms. The van der Waals surface area contributed by atoms with Gasteiger partial charge in [-0.3, -0.25) is 4.90 Å². The van der Waals surface area contributed by atoms with Gasteiger partial charge in [-0.2, -0.15) is 13.2 Å². The first-order chi connectivity index (χ1) is 14.5. The largest absolute Gasteiger partial charge is 0.395 e. The van der Waals surface area contributed by atoms with Crippen LogP contribution in [0.15, 0.2) is 54.6 Å². The molecule has 6 heteroatoms. The summed E-state index contributed by atoms with van der Waals surface area (Å²) in [7, 11) is 0. The predicted molar refractivity (Wildman–Crippen MR) is 112 cm³/mol. The monoisotopic (exact) mass is 418 g/mol. The molecule has 2 saturated heterocycles. The van der Waals surface area contributed by atoms with E-state index in [-0.39, 0.29) is 31.2 Å². The Morgan fingerprint density at radius 1 is 0.900 bits per heavy atom. The normalized spacial score (nSPS) is 25.8. The fraction of sp³-hybridized carbons (Fsp3) is 0.500. The summed E-state index contributed by atoms with van der Waals surface area (Å²) >= 11 is 0. The van der Waals surface area contributed by atoms with Crippen LogP contribution in [0.4, 0.5) is 13.2 Å². The van der Waals surface area contributed by atoms with Crippen LogP contribution in [0.25, 0.3) is 11.1 Å². The van der Waals surface area contributed by atoms with Crippen molar-refractivity contribution in [2.75, 3.05) is 32.8 Å². The standard InChI is InChI=1S/C24H29F3N2O/c25-24(26,27)12-15-28-13-4-5-14-29-21(16-28)23(22(29)17-30)20-10-8-19(9-11-20)18-6-2-1-3-7-18/h1-3,6-11,21-23,30H,4-5,12-17H2/t21-,22+,23+/m0/s1. The van der Waals surface area contributed by atoms with Gasteiger partial charge < -0.3 is 10.0 Å². The highest BCUT2D eigenvalue weighted by Gasteiger charge is 2.49. The molecule has 2 heterocycles. The minimum absolute atomic E-state index is 0.0418. The Morgan fingerprint density at radius 2 is 1.57 bits per heavy atom. The van der Waals surface area contributed by atoms with E-state index in [1.165, 1.54) is 0 Å². The zero-order chi connectivity index (χ0) is 21.1. The van der Waals surface area contributed by atoms with Gasteiger partial charge in [0.15, 0.2) is 0 Å². The molecule has 0 saturated carbocycles. The van der Waals surface area contributed by atoms with E-state index < -0.39 is 12.6 Å². The number of halogens is 3. The molecule has 0 spiro atoms. The van der Waals surface area contributed by atoms with Crippen LogP contribution in [0, 0.1) is 0 Å². The van der Waals surface area contributed by atoms with Gasteiger partial charge in [0.2, 0.25) is 0 Å². The number of fused-ring (bicyclic) bond motifs is 1. The molecule has 0 unspecified atom stereocenters. The molecule has 2 aliphatic rings. The molecule has 30 heavy (non-hydrogen) atoms. The third kappa shape index (κ3) is 4.71. The van der Waals surface area contributed by atoms with Gasteiger partial charge in [0.05, 0.1) is 13.0 Å². The molecule has 0 amide bonds. The van der Waals surface area contributed by atoms with E-state index in [4.69, 9.17) is 0 Å². The molecular formula is C24H29F3N2O. The van der Waals surface area contributed by atoms with Gasteiger partial charge in [-0.25, -0.2) is 0 Å². The summed E-state index contributed by atoms with van der Waals surface area (Å²) in [5, 5.41) is 10.0. The first kappa shape index (κ1) is 21.3. The highest BCUT2D eigenvalue weighted by atomic mass is 19.4. The maximum Gasteiger partial charge on any atom is 0.390 e. The highest BCUT2D eigenvalue weighted by Crippen LogP contribution is 2.42. The van der Waals surface area contributed by atoms with Crippen LogP contribution in [0.3, 0.4) is 0 Å². The van der Waals surface area contributed by atoms with Crippen molar-refractivity contribution in [2.45, 2.75) is 43.4 Å². The van der Waals surface area contributed by atoms with E-state index in [1.807, 2.05) is 23.1 Å². The number of alkyl halides is 3. The van der Waals surface area contributed by atoms with Crippen molar-refractivity contribution in [1.29, 1.82) is 0 Å². The lowest BCUT2D eigenvalue weighted by Gasteiger charge is -2.57. The van der Waals surface area contributed by atoms with Crippen LogP contribution in [0.2, 0.25) is 0 Å². The van der Waals surface area contributed by atoms with Crippen molar-refractivity contribution in [1.82, 2.24) is 9.80 Å². The molecule has 0 aliphatic carbocycles. The summed E-state index contributed by atoms with van der Waals surface area (Å²) in [4.78, 5) is 4.26. The summed E-state index contributed by atoms with van der Waals surface area (Å²) in [5.41, 5.74) is 3.45. The Balaban J connectivity index is 1.51. The van der Waals surface area contributed by atoms with E-state index in [0.717, 1.165) is 36.1 Å². The van der Waals surface area contributed by atoms with E-state index >= 15 is 0 Å². The van der Waals surface area contributed by atoms with Crippen LogP contribution in [-0.2, 0) is 0 Å². The SMILES string of the molecule is OC[C@@H]1[C@H](c2ccc(-c3ccccc3)cc2)[C@@H]2CN(CCC(F)(F)F)CCCCN12. The van der Waals surface area contributed by atoms with Gasteiger partial charge in [0, 0.05) is 31.1 Å². The second kappa shape index (κ2) is 9.08. The number of benzene rings is 2.